The zero-order chi connectivity index (χ0) is 24.4. The van der Waals surface area contributed by atoms with E-state index in [-0.39, 0.29) is 12.4 Å². The van der Waals surface area contributed by atoms with Crippen LogP contribution >= 0.6 is 11.6 Å². The van der Waals surface area contributed by atoms with Crippen molar-refractivity contribution in [2.75, 3.05) is 25.0 Å². The molecule has 0 amide bonds. The highest BCUT2D eigenvalue weighted by atomic mass is 35.5. The van der Waals surface area contributed by atoms with Gasteiger partial charge in [0.1, 0.15) is 7.05 Å². The van der Waals surface area contributed by atoms with E-state index in [1.165, 1.54) is 33.8 Å². The molecular formula is C32H30Cl2N2. The highest BCUT2D eigenvalue weighted by molar-refractivity contribution is 6.40. The molecule has 0 saturated heterocycles. The van der Waals surface area contributed by atoms with E-state index < -0.39 is 0 Å². The van der Waals surface area contributed by atoms with Crippen LogP contribution in [0.4, 0.5) is 11.4 Å². The van der Waals surface area contributed by atoms with Crippen molar-refractivity contribution in [3.63, 3.8) is 0 Å². The molecule has 0 unspecified atom stereocenters. The summed E-state index contributed by atoms with van der Waals surface area (Å²) in [6.45, 7) is 6.36. The maximum atomic E-state index is 6.87. The fraction of sp³-hybridized carbons (Fsp3) is 0.156. The third kappa shape index (κ3) is 4.59. The van der Waals surface area contributed by atoms with Crippen molar-refractivity contribution in [2.45, 2.75) is 13.8 Å². The third-order valence-corrected chi connectivity index (χ3v) is 7.16. The van der Waals surface area contributed by atoms with Crippen LogP contribution in [0.15, 0.2) is 103 Å². The molecule has 5 rings (SSSR count). The van der Waals surface area contributed by atoms with Gasteiger partial charge in [-0.05, 0) is 55.8 Å². The predicted molar refractivity (Wildman–Crippen MR) is 150 cm³/mol. The van der Waals surface area contributed by atoms with Gasteiger partial charge in [0, 0.05) is 46.6 Å². The lowest BCUT2D eigenvalue weighted by Gasteiger charge is -2.22. The monoisotopic (exact) mass is 512 g/mol. The Labute approximate surface area is 225 Å². The number of nitrogens with zero attached hydrogens (tertiary/aromatic N) is 2. The normalized spacial score (nSPS) is 13.8. The van der Waals surface area contributed by atoms with E-state index in [9.17, 15) is 0 Å². The van der Waals surface area contributed by atoms with E-state index in [0.29, 0.717) is 0 Å². The number of fused-ring (bicyclic) bond motifs is 1. The highest BCUT2D eigenvalue weighted by Gasteiger charge is 2.36. The summed E-state index contributed by atoms with van der Waals surface area (Å²) in [4.78, 5) is 2.37. The molecule has 0 saturated carbocycles. The summed E-state index contributed by atoms with van der Waals surface area (Å²) in [5, 5.41) is 0.752. The lowest BCUT2D eigenvalue weighted by atomic mass is 9.86. The van der Waals surface area contributed by atoms with Gasteiger partial charge in [-0.2, -0.15) is 4.58 Å². The van der Waals surface area contributed by atoms with Gasteiger partial charge in [-0.3, -0.25) is 0 Å². The first kappa shape index (κ1) is 25.8. The number of benzene rings is 4. The quantitative estimate of drug-likeness (QED) is 0.332. The van der Waals surface area contributed by atoms with Gasteiger partial charge in [0.2, 0.25) is 11.4 Å². The van der Waals surface area contributed by atoms with Crippen LogP contribution in [0.5, 0.6) is 0 Å². The van der Waals surface area contributed by atoms with Crippen molar-refractivity contribution >= 4 is 39.8 Å². The molecule has 0 bridgehead atoms. The van der Waals surface area contributed by atoms with Gasteiger partial charge >= 0.3 is 0 Å². The first-order valence-electron chi connectivity index (χ1n) is 12.2. The second kappa shape index (κ2) is 11.2. The third-order valence-electron chi connectivity index (χ3n) is 6.83. The Morgan fingerprint density at radius 3 is 2.03 bits per heavy atom. The van der Waals surface area contributed by atoms with E-state index in [0.717, 1.165) is 34.8 Å². The molecular weight excluding hydrogens is 483 g/mol. The maximum absolute atomic E-state index is 6.87. The van der Waals surface area contributed by atoms with Gasteiger partial charge in [0.25, 0.3) is 0 Å². The summed E-state index contributed by atoms with van der Waals surface area (Å²) in [5.74, 6) is 0. The topological polar surface area (TPSA) is 6.25 Å². The molecule has 36 heavy (non-hydrogen) atoms. The van der Waals surface area contributed by atoms with E-state index in [4.69, 9.17) is 11.6 Å². The van der Waals surface area contributed by atoms with E-state index in [2.05, 4.69) is 121 Å². The highest BCUT2D eigenvalue weighted by Crippen LogP contribution is 2.44. The zero-order valence-corrected chi connectivity index (χ0v) is 22.4. The van der Waals surface area contributed by atoms with E-state index in [1.54, 1.807) is 0 Å². The molecule has 0 spiro atoms. The summed E-state index contributed by atoms with van der Waals surface area (Å²) in [6, 6.07) is 36.4. The van der Waals surface area contributed by atoms with Crippen LogP contribution in [0, 0.1) is 0 Å². The van der Waals surface area contributed by atoms with Crippen LogP contribution in [0.3, 0.4) is 0 Å². The first-order chi connectivity index (χ1) is 17.1. The lowest BCUT2D eigenvalue weighted by molar-refractivity contribution is -0.400. The number of allylic oxidation sites excluding steroid dienone is 1. The molecule has 1 aliphatic heterocycles. The summed E-state index contributed by atoms with van der Waals surface area (Å²) >= 11 is 6.87. The summed E-state index contributed by atoms with van der Waals surface area (Å²) in [6.07, 6.45) is 0. The average Bonchev–Trinajstić information content (AvgIpc) is 3.19. The summed E-state index contributed by atoms with van der Waals surface area (Å²) < 4.78 is 2.31. The second-order valence-corrected chi connectivity index (χ2v) is 9.15. The van der Waals surface area contributed by atoms with E-state index in [1.807, 2.05) is 12.1 Å². The molecule has 1 heterocycles. The molecule has 0 radical (unpaired) electrons. The average molecular weight is 514 g/mol. The molecule has 4 aromatic rings. The minimum absolute atomic E-state index is 0. The Kier molecular flexibility index (Phi) is 7.98. The molecule has 4 aromatic carbocycles. The second-order valence-electron chi connectivity index (χ2n) is 8.74. The maximum Gasteiger partial charge on any atom is 0.221 e. The number of hydrogen-bond donors (Lipinski definition) is 0. The van der Waals surface area contributed by atoms with Crippen LogP contribution in [0.25, 0.3) is 11.1 Å². The van der Waals surface area contributed by atoms with Gasteiger partial charge in [0.05, 0.1) is 11.1 Å². The number of rotatable bonds is 6. The molecule has 1 aliphatic rings. The first-order valence-corrected chi connectivity index (χ1v) is 12.6. The Morgan fingerprint density at radius 2 is 1.36 bits per heavy atom. The minimum atomic E-state index is 0. The van der Waals surface area contributed by atoms with Crippen LogP contribution < -0.4 is 17.3 Å². The Balaban J connectivity index is 0.00000304. The van der Waals surface area contributed by atoms with Crippen molar-refractivity contribution in [3.8, 4) is 0 Å². The fourth-order valence-electron chi connectivity index (χ4n) is 5.11. The smallest absolute Gasteiger partial charge is 0.221 e. The zero-order valence-electron chi connectivity index (χ0n) is 20.9. The number of halogens is 2. The SMILES string of the molecule is CCN(CC)c1ccc(/C(=C2/C(c3ccccc3)=[N+](C)c3ccccc32)c2ccccc2Cl)cc1.[Cl-]. The molecule has 182 valence electrons. The van der Waals surface area contributed by atoms with Crippen LogP contribution in [-0.2, 0) is 0 Å². The van der Waals surface area contributed by atoms with Gasteiger partial charge in [0.15, 0.2) is 0 Å². The van der Waals surface area contributed by atoms with Crippen molar-refractivity contribution < 1.29 is 17.0 Å². The summed E-state index contributed by atoms with van der Waals surface area (Å²) in [7, 11) is 2.15. The molecule has 0 atom stereocenters. The van der Waals surface area contributed by atoms with E-state index >= 15 is 0 Å². The van der Waals surface area contributed by atoms with Crippen molar-refractivity contribution in [2.24, 2.45) is 0 Å². The molecule has 4 heteroatoms. The molecule has 0 fully saturated rings. The van der Waals surface area contributed by atoms with Gasteiger partial charge < -0.3 is 17.3 Å². The fourth-order valence-corrected chi connectivity index (χ4v) is 5.34. The number of hydrogen-bond acceptors (Lipinski definition) is 1. The van der Waals surface area contributed by atoms with Crippen molar-refractivity contribution in [1.82, 2.24) is 0 Å². The lowest BCUT2D eigenvalue weighted by Crippen LogP contribution is -3.00. The van der Waals surface area contributed by atoms with Gasteiger partial charge in [-0.1, -0.05) is 72.3 Å². The molecule has 2 nitrogen and oxygen atoms in total. The number of anilines is 1. The Morgan fingerprint density at radius 1 is 0.750 bits per heavy atom. The molecule has 0 aromatic heterocycles. The molecule has 0 aliphatic carbocycles. The minimum Gasteiger partial charge on any atom is -1.00 e. The largest absolute Gasteiger partial charge is 1.00 e. The van der Waals surface area contributed by atoms with Crippen LogP contribution in [-0.4, -0.2) is 30.4 Å². The standard InChI is InChI=1S/C32H30ClN2.ClH/c1-4-35(5-2)25-21-19-23(20-22-25)30(26-15-9-11-17-28(26)33)31-27-16-10-12-18-29(27)34(3)32(31)24-13-7-6-8-14-24;/h6-22H,4-5H2,1-3H3;1H/q+1;/p-1. The van der Waals surface area contributed by atoms with Crippen LogP contribution in [0.2, 0.25) is 5.02 Å². The summed E-state index contributed by atoms with van der Waals surface area (Å²) in [5.41, 5.74) is 10.6. The Bertz CT molecular complexity index is 1420. The number of para-hydroxylation sites is 1. The predicted octanol–water partition coefficient (Wildman–Crippen LogP) is 4.93. The Hall–Kier alpha value is -3.33. The van der Waals surface area contributed by atoms with Crippen molar-refractivity contribution in [3.05, 3.63) is 130 Å². The van der Waals surface area contributed by atoms with Crippen LogP contribution in [0.1, 0.15) is 36.1 Å². The molecule has 0 N–H and O–H groups in total. The van der Waals surface area contributed by atoms with Gasteiger partial charge in [-0.15, -0.1) is 0 Å². The van der Waals surface area contributed by atoms with Crippen molar-refractivity contribution in [1.29, 1.82) is 0 Å². The van der Waals surface area contributed by atoms with Gasteiger partial charge in [-0.25, -0.2) is 0 Å².